The van der Waals surface area contributed by atoms with E-state index in [1.54, 1.807) is 6.20 Å². The number of carbonyl (C=O) groups is 1. The highest BCUT2D eigenvalue weighted by atomic mass is 16.6. The van der Waals surface area contributed by atoms with Gasteiger partial charge < -0.3 is 10.5 Å². The fourth-order valence-electron chi connectivity index (χ4n) is 1.28. The molecule has 0 saturated carbocycles. The fraction of sp³-hybridized carbons (Fsp3) is 0.667. The molecule has 17 heavy (non-hydrogen) atoms. The molecule has 2 N–H and O–H groups in total. The van der Waals surface area contributed by atoms with E-state index in [0.29, 0.717) is 0 Å². The summed E-state index contributed by atoms with van der Waals surface area (Å²) in [4.78, 5) is 15.8. The van der Waals surface area contributed by atoms with Gasteiger partial charge in [-0.15, -0.1) is 0 Å². The minimum atomic E-state index is -0.493. The van der Waals surface area contributed by atoms with E-state index in [-0.39, 0.29) is 6.04 Å². The van der Waals surface area contributed by atoms with Crippen LogP contribution in [0.3, 0.4) is 0 Å². The second kappa shape index (κ2) is 5.31. The Hall–Kier alpha value is -1.36. The van der Waals surface area contributed by atoms with Crippen LogP contribution in [0, 0.1) is 0 Å². The zero-order chi connectivity index (χ0) is 13.1. The highest BCUT2D eigenvalue weighted by Crippen LogP contribution is 2.10. The summed E-state index contributed by atoms with van der Waals surface area (Å²) >= 11 is 0. The number of ether oxygens (including phenoxy) is 1. The molecular weight excluding hydrogens is 218 g/mol. The van der Waals surface area contributed by atoms with Gasteiger partial charge in [-0.25, -0.2) is 14.3 Å². The summed E-state index contributed by atoms with van der Waals surface area (Å²) in [5.74, 6) is 0. The summed E-state index contributed by atoms with van der Waals surface area (Å²) in [5.41, 5.74) is 6.03. The molecule has 0 unspecified atom stereocenters. The van der Waals surface area contributed by atoms with Gasteiger partial charge in [-0.05, 0) is 40.5 Å². The number of hydrogen-bond donors (Lipinski definition) is 1. The third-order valence-corrected chi connectivity index (χ3v) is 2.10. The standard InChI is InChI=1S/C12H21N3O2/c1-9(13)5-6-10-7-15(8-14-10)11(16)17-12(2,3)4/h7-9H,5-6,13H2,1-4H3/t9-/m1/s1. The number of aryl methyl sites for hydroxylation is 1. The maximum atomic E-state index is 11.7. The van der Waals surface area contributed by atoms with Crippen molar-refractivity contribution in [1.29, 1.82) is 0 Å². The first-order valence-electron chi connectivity index (χ1n) is 5.80. The third-order valence-electron chi connectivity index (χ3n) is 2.10. The molecule has 96 valence electrons. The molecule has 1 aromatic heterocycles. The lowest BCUT2D eigenvalue weighted by Crippen LogP contribution is -2.26. The van der Waals surface area contributed by atoms with E-state index in [1.807, 2.05) is 27.7 Å². The van der Waals surface area contributed by atoms with Crippen LogP contribution in [-0.2, 0) is 11.2 Å². The Morgan fingerprint density at radius 3 is 2.76 bits per heavy atom. The van der Waals surface area contributed by atoms with Crippen LogP contribution in [0.2, 0.25) is 0 Å². The Bertz CT molecular complexity index is 377. The second-order valence-electron chi connectivity index (χ2n) is 5.27. The number of nitrogens with zero attached hydrogens (tertiary/aromatic N) is 2. The summed E-state index contributed by atoms with van der Waals surface area (Å²) in [6.45, 7) is 7.45. The first kappa shape index (κ1) is 13.7. The summed E-state index contributed by atoms with van der Waals surface area (Å²) in [7, 11) is 0. The molecule has 5 heteroatoms. The Morgan fingerprint density at radius 2 is 2.24 bits per heavy atom. The van der Waals surface area contributed by atoms with Gasteiger partial charge in [-0.1, -0.05) is 0 Å². The minimum absolute atomic E-state index is 0.140. The molecule has 0 aliphatic heterocycles. The number of nitrogens with two attached hydrogens (primary N) is 1. The quantitative estimate of drug-likeness (QED) is 0.875. The number of rotatable bonds is 3. The maximum Gasteiger partial charge on any atom is 0.419 e. The van der Waals surface area contributed by atoms with Crippen LogP contribution in [0.15, 0.2) is 12.5 Å². The smallest absolute Gasteiger partial charge is 0.419 e. The molecule has 0 aliphatic rings. The van der Waals surface area contributed by atoms with Gasteiger partial charge in [0, 0.05) is 12.2 Å². The van der Waals surface area contributed by atoms with Gasteiger partial charge in [-0.3, -0.25) is 0 Å². The molecule has 1 atom stereocenters. The highest BCUT2D eigenvalue weighted by molar-refractivity contribution is 5.70. The summed E-state index contributed by atoms with van der Waals surface area (Å²) in [6, 6.07) is 0.140. The molecule has 0 radical (unpaired) electrons. The highest BCUT2D eigenvalue weighted by Gasteiger charge is 2.17. The van der Waals surface area contributed by atoms with E-state index in [4.69, 9.17) is 10.5 Å². The summed E-state index contributed by atoms with van der Waals surface area (Å²) in [6.07, 6.45) is 4.39. The molecule has 0 amide bonds. The van der Waals surface area contributed by atoms with Crippen molar-refractivity contribution in [3.8, 4) is 0 Å². The molecule has 0 aromatic carbocycles. The van der Waals surface area contributed by atoms with Crippen molar-refractivity contribution in [2.24, 2.45) is 5.73 Å². The SMILES string of the molecule is C[C@@H](N)CCc1cn(C(=O)OC(C)(C)C)cn1. The van der Waals surface area contributed by atoms with Gasteiger partial charge in [0.2, 0.25) is 0 Å². The summed E-state index contributed by atoms with van der Waals surface area (Å²) in [5, 5.41) is 0. The average Bonchev–Trinajstić information content (AvgIpc) is 2.60. The van der Waals surface area contributed by atoms with Crippen LogP contribution in [0.25, 0.3) is 0 Å². The molecule has 0 saturated heterocycles. The van der Waals surface area contributed by atoms with Crippen LogP contribution >= 0.6 is 0 Å². The first-order valence-corrected chi connectivity index (χ1v) is 5.80. The topological polar surface area (TPSA) is 70.1 Å². The lowest BCUT2D eigenvalue weighted by Gasteiger charge is -2.19. The Labute approximate surface area is 102 Å². The predicted octanol–water partition coefficient (Wildman–Crippen LogP) is 1.95. The van der Waals surface area contributed by atoms with Crippen LogP contribution < -0.4 is 5.73 Å². The van der Waals surface area contributed by atoms with Gasteiger partial charge in [0.05, 0.1) is 5.69 Å². The van der Waals surface area contributed by atoms with E-state index in [0.717, 1.165) is 18.5 Å². The number of carbonyl (C=O) groups excluding carboxylic acids is 1. The molecule has 1 heterocycles. The van der Waals surface area contributed by atoms with E-state index in [9.17, 15) is 4.79 Å². The van der Waals surface area contributed by atoms with Crippen molar-refractivity contribution in [1.82, 2.24) is 9.55 Å². The summed E-state index contributed by atoms with van der Waals surface area (Å²) < 4.78 is 6.58. The molecule has 1 aromatic rings. The predicted molar refractivity (Wildman–Crippen MR) is 65.8 cm³/mol. The van der Waals surface area contributed by atoms with Crippen molar-refractivity contribution >= 4 is 6.09 Å². The van der Waals surface area contributed by atoms with Crippen LogP contribution in [0.1, 0.15) is 39.8 Å². The van der Waals surface area contributed by atoms with E-state index in [1.165, 1.54) is 10.9 Å². The van der Waals surface area contributed by atoms with Crippen molar-refractivity contribution in [3.63, 3.8) is 0 Å². The van der Waals surface area contributed by atoms with Crippen molar-refractivity contribution in [2.75, 3.05) is 0 Å². The van der Waals surface area contributed by atoms with Gasteiger partial charge in [0.25, 0.3) is 0 Å². The van der Waals surface area contributed by atoms with E-state index >= 15 is 0 Å². The number of aromatic nitrogens is 2. The van der Waals surface area contributed by atoms with E-state index < -0.39 is 11.7 Å². The van der Waals surface area contributed by atoms with Crippen LogP contribution in [0.5, 0.6) is 0 Å². The van der Waals surface area contributed by atoms with Crippen molar-refractivity contribution in [3.05, 3.63) is 18.2 Å². The third kappa shape index (κ3) is 4.99. The Balaban J connectivity index is 2.58. The van der Waals surface area contributed by atoms with Crippen LogP contribution in [0.4, 0.5) is 4.79 Å². The fourth-order valence-corrected chi connectivity index (χ4v) is 1.28. The van der Waals surface area contributed by atoms with Crippen molar-refractivity contribution in [2.45, 2.75) is 52.2 Å². The molecular formula is C12H21N3O2. The second-order valence-corrected chi connectivity index (χ2v) is 5.27. The van der Waals surface area contributed by atoms with Crippen LogP contribution in [-0.4, -0.2) is 27.3 Å². The number of imidazole rings is 1. The molecule has 0 aliphatic carbocycles. The van der Waals surface area contributed by atoms with Gasteiger partial charge in [0.1, 0.15) is 11.9 Å². The van der Waals surface area contributed by atoms with Crippen molar-refractivity contribution < 1.29 is 9.53 Å². The van der Waals surface area contributed by atoms with E-state index in [2.05, 4.69) is 4.98 Å². The lowest BCUT2D eigenvalue weighted by molar-refractivity contribution is 0.0536. The zero-order valence-electron chi connectivity index (χ0n) is 10.9. The Kier molecular flexibility index (Phi) is 4.28. The minimum Gasteiger partial charge on any atom is -0.443 e. The normalized spacial score (nSPS) is 13.5. The largest absolute Gasteiger partial charge is 0.443 e. The first-order chi connectivity index (χ1) is 7.78. The average molecular weight is 239 g/mol. The lowest BCUT2D eigenvalue weighted by atomic mass is 10.1. The molecule has 5 nitrogen and oxygen atoms in total. The van der Waals surface area contributed by atoms with Gasteiger partial charge in [-0.2, -0.15) is 0 Å². The van der Waals surface area contributed by atoms with Gasteiger partial charge in [0.15, 0.2) is 0 Å². The maximum absolute atomic E-state index is 11.7. The molecule has 0 spiro atoms. The zero-order valence-corrected chi connectivity index (χ0v) is 10.9. The van der Waals surface area contributed by atoms with Gasteiger partial charge >= 0.3 is 6.09 Å². The monoisotopic (exact) mass is 239 g/mol. The molecule has 1 rings (SSSR count). The number of hydrogen-bond acceptors (Lipinski definition) is 4. The molecule has 0 fully saturated rings. The Morgan fingerprint density at radius 1 is 1.59 bits per heavy atom. The molecule has 0 bridgehead atoms.